The molecule has 1 atom stereocenters. The maximum Gasteiger partial charge on any atom is 0.248 e. The Kier molecular flexibility index (Phi) is 5.94. The van der Waals surface area contributed by atoms with Crippen LogP contribution in [0.3, 0.4) is 0 Å². The van der Waals surface area contributed by atoms with Gasteiger partial charge in [-0.2, -0.15) is 4.98 Å². The van der Waals surface area contributed by atoms with Crippen LogP contribution < -0.4 is 15.8 Å². The van der Waals surface area contributed by atoms with E-state index in [0.29, 0.717) is 40.3 Å². The summed E-state index contributed by atoms with van der Waals surface area (Å²) in [5.41, 5.74) is 8.14. The number of allylic oxidation sites excluding steroid dienone is 1. The summed E-state index contributed by atoms with van der Waals surface area (Å²) in [6.45, 7) is 4.26. The molecule has 1 aliphatic rings. The van der Waals surface area contributed by atoms with Crippen molar-refractivity contribution in [3.05, 3.63) is 76.7 Å². The van der Waals surface area contributed by atoms with Gasteiger partial charge in [0, 0.05) is 11.4 Å². The van der Waals surface area contributed by atoms with E-state index in [9.17, 15) is 9.18 Å². The van der Waals surface area contributed by atoms with Crippen molar-refractivity contribution in [1.29, 1.82) is 0 Å². The molecule has 31 heavy (non-hydrogen) atoms. The Morgan fingerprint density at radius 3 is 2.68 bits per heavy atom. The molecule has 9 heteroatoms. The number of aromatic nitrogens is 3. The average molecular weight is 440 g/mol. The summed E-state index contributed by atoms with van der Waals surface area (Å²) in [5, 5.41) is 8.17. The molecule has 1 amide bonds. The summed E-state index contributed by atoms with van der Waals surface area (Å²) in [7, 11) is 0. The fourth-order valence-corrected chi connectivity index (χ4v) is 4.31. The van der Waals surface area contributed by atoms with Crippen LogP contribution in [0.25, 0.3) is 0 Å². The van der Waals surface area contributed by atoms with Gasteiger partial charge in [-0.15, -0.1) is 5.10 Å². The number of rotatable bonds is 7. The van der Waals surface area contributed by atoms with Crippen molar-refractivity contribution in [2.24, 2.45) is 5.73 Å². The van der Waals surface area contributed by atoms with E-state index in [1.807, 2.05) is 31.2 Å². The summed E-state index contributed by atoms with van der Waals surface area (Å²) in [5.74, 6) is 0.821. The smallest absolute Gasteiger partial charge is 0.248 e. The third kappa shape index (κ3) is 4.27. The van der Waals surface area contributed by atoms with Gasteiger partial charge in [0.05, 0.1) is 12.2 Å². The topological polar surface area (TPSA) is 95.1 Å². The first-order valence-electron chi connectivity index (χ1n) is 9.81. The number of carbonyl (C=O) groups is 1. The summed E-state index contributed by atoms with van der Waals surface area (Å²) in [6.07, 6.45) is 0. The minimum absolute atomic E-state index is 0.266. The van der Waals surface area contributed by atoms with E-state index in [4.69, 9.17) is 10.5 Å². The van der Waals surface area contributed by atoms with E-state index in [-0.39, 0.29) is 5.82 Å². The van der Waals surface area contributed by atoms with Gasteiger partial charge in [0.15, 0.2) is 0 Å². The van der Waals surface area contributed by atoms with E-state index >= 15 is 0 Å². The molecule has 1 aliphatic heterocycles. The van der Waals surface area contributed by atoms with Crippen molar-refractivity contribution in [2.75, 3.05) is 11.9 Å². The quantitative estimate of drug-likeness (QED) is 0.543. The number of nitrogens with two attached hydrogens (primary N) is 1. The van der Waals surface area contributed by atoms with E-state index in [1.54, 1.807) is 29.8 Å². The largest absolute Gasteiger partial charge is 0.494 e. The lowest BCUT2D eigenvalue weighted by Gasteiger charge is -2.27. The molecular formula is C22H22FN5O2S. The van der Waals surface area contributed by atoms with Gasteiger partial charge in [-0.3, -0.25) is 4.79 Å². The van der Waals surface area contributed by atoms with Gasteiger partial charge in [-0.25, -0.2) is 9.07 Å². The maximum atomic E-state index is 13.9. The molecule has 0 fully saturated rings. The molecule has 0 saturated heterocycles. The van der Waals surface area contributed by atoms with Gasteiger partial charge >= 0.3 is 0 Å². The highest BCUT2D eigenvalue weighted by molar-refractivity contribution is 7.98. The normalized spacial score (nSPS) is 15.4. The Labute approximate surface area is 183 Å². The molecule has 0 spiro atoms. The Morgan fingerprint density at radius 2 is 2.00 bits per heavy atom. The Morgan fingerprint density at radius 1 is 1.26 bits per heavy atom. The predicted molar refractivity (Wildman–Crippen MR) is 117 cm³/mol. The number of hydrogen-bond acceptors (Lipinski definition) is 6. The van der Waals surface area contributed by atoms with Gasteiger partial charge in [0.2, 0.25) is 17.0 Å². The van der Waals surface area contributed by atoms with Crippen molar-refractivity contribution in [3.63, 3.8) is 0 Å². The van der Waals surface area contributed by atoms with Gasteiger partial charge in [-0.05, 0) is 43.2 Å². The third-order valence-electron chi connectivity index (χ3n) is 4.92. The average Bonchev–Trinajstić information content (AvgIpc) is 3.15. The minimum Gasteiger partial charge on any atom is -0.494 e. The van der Waals surface area contributed by atoms with Crippen LogP contribution in [-0.4, -0.2) is 27.3 Å². The number of hydrogen-bond donors (Lipinski definition) is 2. The first-order valence-corrected chi connectivity index (χ1v) is 10.8. The molecule has 0 unspecified atom stereocenters. The molecule has 3 aromatic rings. The third-order valence-corrected chi connectivity index (χ3v) is 5.81. The number of thioether (sulfide) groups is 1. The molecule has 7 nitrogen and oxygen atoms in total. The van der Waals surface area contributed by atoms with Crippen LogP contribution in [0.4, 0.5) is 10.3 Å². The number of carbonyl (C=O) groups excluding carboxylic acids is 1. The second kappa shape index (κ2) is 8.81. The van der Waals surface area contributed by atoms with Crippen LogP contribution >= 0.6 is 11.8 Å². The van der Waals surface area contributed by atoms with Crippen molar-refractivity contribution in [1.82, 2.24) is 14.8 Å². The zero-order valence-electron chi connectivity index (χ0n) is 17.1. The van der Waals surface area contributed by atoms with E-state index in [2.05, 4.69) is 15.4 Å². The number of nitrogens with one attached hydrogen (secondary N) is 1. The van der Waals surface area contributed by atoms with Crippen LogP contribution in [0, 0.1) is 5.82 Å². The fraction of sp³-hybridized carbons (Fsp3) is 0.227. The minimum atomic E-state index is -0.536. The second-order valence-corrected chi connectivity index (χ2v) is 7.92. The zero-order valence-corrected chi connectivity index (χ0v) is 17.9. The van der Waals surface area contributed by atoms with Crippen molar-refractivity contribution in [3.8, 4) is 5.75 Å². The van der Waals surface area contributed by atoms with Crippen molar-refractivity contribution >= 4 is 23.6 Å². The van der Waals surface area contributed by atoms with E-state index in [1.165, 1.54) is 17.8 Å². The molecule has 3 N–H and O–H groups in total. The molecular weight excluding hydrogens is 417 g/mol. The van der Waals surface area contributed by atoms with Crippen molar-refractivity contribution in [2.45, 2.75) is 30.8 Å². The lowest BCUT2D eigenvalue weighted by molar-refractivity contribution is -0.115. The number of ether oxygens (including phenoxy) is 1. The van der Waals surface area contributed by atoms with E-state index in [0.717, 1.165) is 11.3 Å². The molecule has 2 heterocycles. The fourth-order valence-electron chi connectivity index (χ4n) is 3.49. The van der Waals surface area contributed by atoms with Gasteiger partial charge in [0.25, 0.3) is 0 Å². The summed E-state index contributed by atoms with van der Waals surface area (Å²) >= 11 is 1.32. The van der Waals surface area contributed by atoms with Gasteiger partial charge < -0.3 is 15.8 Å². The predicted octanol–water partition coefficient (Wildman–Crippen LogP) is 3.88. The number of amides is 1. The summed E-state index contributed by atoms with van der Waals surface area (Å²) in [6, 6.07) is 13.5. The Bertz CT molecular complexity index is 1140. The lowest BCUT2D eigenvalue weighted by atomic mass is 9.95. The highest BCUT2D eigenvalue weighted by atomic mass is 32.2. The van der Waals surface area contributed by atoms with Crippen molar-refractivity contribution < 1.29 is 13.9 Å². The molecule has 160 valence electrons. The Hall–Kier alpha value is -3.33. The maximum absolute atomic E-state index is 13.9. The number of benzene rings is 2. The molecule has 0 bridgehead atoms. The first kappa shape index (κ1) is 20.9. The van der Waals surface area contributed by atoms with Crippen LogP contribution in [0.1, 0.15) is 31.0 Å². The molecule has 1 aromatic heterocycles. The standard InChI is InChI=1S/C22H22FN5O2S/c1-3-30-16-10-8-14(9-11-16)19-18(20(24)29)13(2)25-21-26-22(27-28(19)21)31-12-15-6-4-5-7-17(15)23/h4-11,19H,3,12H2,1-2H3,(H2,24,29)(H,25,26,27)/t19-/m0/s1. The second-order valence-electron chi connectivity index (χ2n) is 6.98. The lowest BCUT2D eigenvalue weighted by Crippen LogP contribution is -2.31. The molecule has 4 rings (SSSR count). The van der Waals surface area contributed by atoms with Gasteiger partial charge in [-0.1, -0.05) is 42.1 Å². The SMILES string of the molecule is CCOc1ccc([C@H]2C(C(N)=O)=C(C)Nc3nc(SCc4ccccc4F)nn32)cc1. The monoisotopic (exact) mass is 439 g/mol. The zero-order chi connectivity index (χ0) is 22.0. The first-order chi connectivity index (χ1) is 15.0. The number of anilines is 1. The highest BCUT2D eigenvalue weighted by Crippen LogP contribution is 2.36. The molecule has 2 aromatic carbocycles. The molecule has 0 aliphatic carbocycles. The van der Waals surface area contributed by atoms with Crippen LogP contribution in [0.2, 0.25) is 0 Å². The van der Waals surface area contributed by atoms with Crippen LogP contribution in [0.5, 0.6) is 5.75 Å². The summed E-state index contributed by atoms with van der Waals surface area (Å²) in [4.78, 5) is 16.8. The Balaban J connectivity index is 1.67. The van der Waals surface area contributed by atoms with Crippen LogP contribution in [-0.2, 0) is 10.5 Å². The van der Waals surface area contributed by atoms with Crippen LogP contribution in [0.15, 0.2) is 65.0 Å². The molecule has 0 saturated carbocycles. The van der Waals surface area contributed by atoms with Gasteiger partial charge in [0.1, 0.15) is 17.6 Å². The number of fused-ring (bicyclic) bond motifs is 1. The number of halogens is 1. The molecule has 0 radical (unpaired) electrons. The number of primary amides is 1. The number of nitrogens with zero attached hydrogens (tertiary/aromatic N) is 3. The summed E-state index contributed by atoms with van der Waals surface area (Å²) < 4.78 is 21.1. The van der Waals surface area contributed by atoms with E-state index < -0.39 is 11.9 Å². The highest BCUT2D eigenvalue weighted by Gasteiger charge is 2.33.